The van der Waals surface area contributed by atoms with Crippen LogP contribution in [0.4, 0.5) is 17.1 Å². The van der Waals surface area contributed by atoms with Gasteiger partial charge in [-0.2, -0.15) is 0 Å². The molecule has 0 amide bonds. The summed E-state index contributed by atoms with van der Waals surface area (Å²) >= 11 is 0. The normalized spacial score (nSPS) is 11.3. The zero-order valence-corrected chi connectivity index (χ0v) is 22.9. The van der Waals surface area contributed by atoms with E-state index < -0.39 is 0 Å². The van der Waals surface area contributed by atoms with Crippen molar-refractivity contribution in [2.45, 2.75) is 0 Å². The van der Waals surface area contributed by atoms with Crippen molar-refractivity contribution in [3.8, 4) is 22.3 Å². The lowest BCUT2D eigenvalue weighted by atomic mass is 9.99. The maximum Gasteiger partial charge on any atom is 0.136 e. The maximum atomic E-state index is 6.25. The Bertz CT molecular complexity index is 2180. The molecule has 0 radical (unpaired) electrons. The summed E-state index contributed by atoms with van der Waals surface area (Å²) in [6.07, 6.45) is 0. The molecule has 2 heteroatoms. The number of hydrogen-bond acceptors (Lipinski definition) is 2. The van der Waals surface area contributed by atoms with Gasteiger partial charge in [0.15, 0.2) is 0 Å². The fourth-order valence-electron chi connectivity index (χ4n) is 6.06. The highest BCUT2D eigenvalue weighted by molar-refractivity contribution is 6.19. The highest BCUT2D eigenvalue weighted by Gasteiger charge is 2.19. The van der Waals surface area contributed by atoms with Crippen molar-refractivity contribution >= 4 is 49.8 Å². The SMILES string of the molecule is c1ccc(-c2ccc(N(c3ccc4ccc5oc6ccccc6c5c4c3)c3ccccc3-c3ccccc3)cc2)cc1. The van der Waals surface area contributed by atoms with E-state index in [1.807, 2.05) is 12.1 Å². The van der Waals surface area contributed by atoms with Crippen molar-refractivity contribution in [1.82, 2.24) is 0 Å². The lowest BCUT2D eigenvalue weighted by molar-refractivity contribution is 0.669. The highest BCUT2D eigenvalue weighted by Crippen LogP contribution is 2.43. The van der Waals surface area contributed by atoms with E-state index >= 15 is 0 Å². The molecule has 1 aromatic heterocycles. The fourth-order valence-corrected chi connectivity index (χ4v) is 6.06. The quantitative estimate of drug-likeness (QED) is 0.217. The number of fused-ring (bicyclic) bond motifs is 5. The molecule has 0 saturated carbocycles. The van der Waals surface area contributed by atoms with Gasteiger partial charge in [0.05, 0.1) is 5.69 Å². The summed E-state index contributed by atoms with van der Waals surface area (Å²) in [4.78, 5) is 2.37. The molecule has 42 heavy (non-hydrogen) atoms. The van der Waals surface area contributed by atoms with Gasteiger partial charge >= 0.3 is 0 Å². The lowest BCUT2D eigenvalue weighted by Gasteiger charge is -2.28. The van der Waals surface area contributed by atoms with Gasteiger partial charge in [-0.3, -0.25) is 0 Å². The molecule has 0 N–H and O–H groups in total. The van der Waals surface area contributed by atoms with Crippen LogP contribution in [0.1, 0.15) is 0 Å². The van der Waals surface area contributed by atoms with E-state index in [1.54, 1.807) is 0 Å². The van der Waals surface area contributed by atoms with Gasteiger partial charge in [0.25, 0.3) is 0 Å². The molecule has 0 bridgehead atoms. The lowest BCUT2D eigenvalue weighted by Crippen LogP contribution is -2.11. The predicted octanol–water partition coefficient (Wildman–Crippen LogP) is 11.5. The molecule has 1 heterocycles. The molecule has 0 spiro atoms. The minimum Gasteiger partial charge on any atom is -0.456 e. The Kier molecular flexibility index (Phi) is 5.82. The van der Waals surface area contributed by atoms with E-state index in [9.17, 15) is 0 Å². The van der Waals surface area contributed by atoms with Gasteiger partial charge in [-0.1, -0.05) is 121 Å². The molecule has 2 nitrogen and oxygen atoms in total. The Labute approximate surface area is 244 Å². The number of furan rings is 1. The van der Waals surface area contributed by atoms with Crippen LogP contribution in [0, 0.1) is 0 Å². The molecule has 0 aliphatic carbocycles. The number of nitrogens with zero attached hydrogens (tertiary/aromatic N) is 1. The number of benzene rings is 7. The van der Waals surface area contributed by atoms with Gasteiger partial charge in [-0.05, 0) is 69.9 Å². The molecule has 0 aliphatic rings. The van der Waals surface area contributed by atoms with Crippen molar-refractivity contribution in [2.24, 2.45) is 0 Å². The van der Waals surface area contributed by atoms with Crippen LogP contribution in [0.25, 0.3) is 55.0 Å². The third-order valence-corrected chi connectivity index (χ3v) is 8.06. The van der Waals surface area contributed by atoms with Gasteiger partial charge < -0.3 is 9.32 Å². The third-order valence-electron chi connectivity index (χ3n) is 8.06. The zero-order valence-electron chi connectivity index (χ0n) is 22.9. The van der Waals surface area contributed by atoms with Crippen LogP contribution in [0.2, 0.25) is 0 Å². The number of anilines is 3. The average molecular weight is 538 g/mol. The highest BCUT2D eigenvalue weighted by atomic mass is 16.3. The number of rotatable bonds is 5. The van der Waals surface area contributed by atoms with Crippen molar-refractivity contribution in [3.05, 3.63) is 164 Å². The average Bonchev–Trinajstić information content (AvgIpc) is 3.46. The molecule has 0 unspecified atom stereocenters. The largest absolute Gasteiger partial charge is 0.456 e. The first-order chi connectivity index (χ1) is 20.8. The number of hydrogen-bond donors (Lipinski definition) is 0. The predicted molar refractivity (Wildman–Crippen MR) is 177 cm³/mol. The second-order valence-electron chi connectivity index (χ2n) is 10.6. The standard InChI is InChI=1S/C40H27NO/c1-3-11-28(12-4-1)29-19-23-32(24-20-29)41(37-17-9-7-15-34(37)30-13-5-2-6-14-30)33-25-21-31-22-26-39-40(36(31)27-33)35-16-8-10-18-38(35)42-39/h1-27H. The summed E-state index contributed by atoms with van der Waals surface area (Å²) in [5, 5.41) is 4.66. The molecule has 0 atom stereocenters. The smallest absolute Gasteiger partial charge is 0.136 e. The van der Waals surface area contributed by atoms with Crippen molar-refractivity contribution in [1.29, 1.82) is 0 Å². The molecule has 198 valence electrons. The van der Waals surface area contributed by atoms with Gasteiger partial charge in [-0.15, -0.1) is 0 Å². The molecule has 8 aromatic rings. The zero-order chi connectivity index (χ0) is 27.9. The summed E-state index contributed by atoms with van der Waals surface area (Å²) < 4.78 is 6.25. The van der Waals surface area contributed by atoms with Crippen molar-refractivity contribution in [2.75, 3.05) is 4.90 Å². The molecule has 8 rings (SSSR count). The summed E-state index contributed by atoms with van der Waals surface area (Å²) in [5.74, 6) is 0. The molecule has 0 saturated heterocycles. The van der Waals surface area contributed by atoms with E-state index in [2.05, 4.69) is 157 Å². The Balaban J connectivity index is 1.36. The third kappa shape index (κ3) is 4.13. The Hall–Kier alpha value is -5.60. The Morgan fingerprint density at radius 1 is 0.405 bits per heavy atom. The van der Waals surface area contributed by atoms with Crippen LogP contribution in [0.15, 0.2) is 168 Å². The van der Waals surface area contributed by atoms with E-state index in [0.29, 0.717) is 0 Å². The van der Waals surface area contributed by atoms with E-state index in [0.717, 1.165) is 39.0 Å². The molecule has 0 aliphatic heterocycles. The minimum absolute atomic E-state index is 0.907. The molecular formula is C40H27NO. The van der Waals surface area contributed by atoms with Crippen molar-refractivity contribution in [3.63, 3.8) is 0 Å². The monoisotopic (exact) mass is 537 g/mol. The summed E-state index contributed by atoms with van der Waals surface area (Å²) in [6.45, 7) is 0. The van der Waals surface area contributed by atoms with Gasteiger partial charge in [-0.25, -0.2) is 0 Å². The van der Waals surface area contributed by atoms with E-state index in [4.69, 9.17) is 4.42 Å². The molecule has 7 aromatic carbocycles. The van der Waals surface area contributed by atoms with Crippen LogP contribution in [0.3, 0.4) is 0 Å². The van der Waals surface area contributed by atoms with Crippen LogP contribution in [-0.2, 0) is 0 Å². The maximum absolute atomic E-state index is 6.25. The summed E-state index contributed by atoms with van der Waals surface area (Å²) in [5.41, 5.74) is 9.90. The first-order valence-corrected chi connectivity index (χ1v) is 14.3. The summed E-state index contributed by atoms with van der Waals surface area (Å²) in [7, 11) is 0. The first-order valence-electron chi connectivity index (χ1n) is 14.3. The second kappa shape index (κ2) is 10.1. The van der Waals surface area contributed by atoms with Crippen molar-refractivity contribution < 1.29 is 4.42 Å². The molecule has 0 fully saturated rings. The number of para-hydroxylation sites is 2. The van der Waals surface area contributed by atoms with E-state index in [1.165, 1.54) is 33.0 Å². The van der Waals surface area contributed by atoms with Crippen LogP contribution in [-0.4, -0.2) is 0 Å². The second-order valence-corrected chi connectivity index (χ2v) is 10.6. The Morgan fingerprint density at radius 2 is 1.02 bits per heavy atom. The van der Waals surface area contributed by atoms with Crippen LogP contribution >= 0.6 is 0 Å². The van der Waals surface area contributed by atoms with Gasteiger partial charge in [0.2, 0.25) is 0 Å². The van der Waals surface area contributed by atoms with Gasteiger partial charge in [0.1, 0.15) is 11.2 Å². The van der Waals surface area contributed by atoms with E-state index in [-0.39, 0.29) is 0 Å². The summed E-state index contributed by atoms with van der Waals surface area (Å²) in [6, 6.07) is 58.0. The van der Waals surface area contributed by atoms with Crippen LogP contribution < -0.4 is 4.90 Å². The van der Waals surface area contributed by atoms with Gasteiger partial charge in [0, 0.05) is 27.7 Å². The van der Waals surface area contributed by atoms with Crippen LogP contribution in [0.5, 0.6) is 0 Å². The fraction of sp³-hybridized carbons (Fsp3) is 0. The first kappa shape index (κ1) is 24.2. The molecular weight excluding hydrogens is 510 g/mol. The minimum atomic E-state index is 0.907. The topological polar surface area (TPSA) is 16.4 Å². The Morgan fingerprint density at radius 3 is 1.83 bits per heavy atom.